The number of hydrogen-bond acceptors (Lipinski definition) is 6. The zero-order valence-corrected chi connectivity index (χ0v) is 20.8. The molecule has 0 spiro atoms. The van der Waals surface area contributed by atoms with Crippen LogP contribution in [-0.2, 0) is 4.74 Å². The van der Waals surface area contributed by atoms with Crippen molar-refractivity contribution in [2.24, 2.45) is 5.41 Å². The first-order valence-electron chi connectivity index (χ1n) is 13.8. The highest BCUT2D eigenvalue weighted by atomic mass is 16.5. The highest BCUT2D eigenvalue weighted by Gasteiger charge is 2.43. The molecule has 3 unspecified atom stereocenters. The minimum absolute atomic E-state index is 0.0194. The molecule has 4 rings (SSSR count). The van der Waals surface area contributed by atoms with Crippen molar-refractivity contribution in [3.63, 3.8) is 0 Å². The predicted octanol–water partition coefficient (Wildman–Crippen LogP) is 4.95. The number of aromatic amines is 1. The van der Waals surface area contributed by atoms with Gasteiger partial charge in [-0.15, -0.1) is 0 Å². The molecule has 3 N–H and O–H groups in total. The first-order valence-corrected chi connectivity index (χ1v) is 11.7. The fourth-order valence-electron chi connectivity index (χ4n) is 4.75. The molecule has 2 aliphatic rings. The Labute approximate surface area is 212 Å². The lowest BCUT2D eigenvalue weighted by molar-refractivity contribution is -0.187. The average molecular weight is 482 g/mol. The number of hydrogen-bond donors (Lipinski definition) is 3. The van der Waals surface area contributed by atoms with Crippen molar-refractivity contribution in [2.45, 2.75) is 83.8 Å². The van der Waals surface area contributed by atoms with E-state index in [1.54, 1.807) is 26.0 Å². The molecular formula is C27H35N5O3. The summed E-state index contributed by atoms with van der Waals surface area (Å²) in [6.45, 7) is 9.08. The lowest BCUT2D eigenvalue weighted by Gasteiger charge is -2.46. The van der Waals surface area contributed by atoms with Gasteiger partial charge in [-0.25, -0.2) is 4.98 Å². The van der Waals surface area contributed by atoms with Crippen LogP contribution in [0.5, 0.6) is 0 Å². The van der Waals surface area contributed by atoms with Gasteiger partial charge < -0.3 is 20.1 Å². The van der Waals surface area contributed by atoms with Crippen LogP contribution >= 0.6 is 0 Å². The molecule has 0 aromatic carbocycles. The maximum Gasteiger partial charge on any atom is 0.291 e. The molecule has 1 aliphatic heterocycles. The van der Waals surface area contributed by atoms with Crippen molar-refractivity contribution in [1.82, 2.24) is 15.0 Å². The van der Waals surface area contributed by atoms with Crippen LogP contribution in [0.15, 0.2) is 24.4 Å². The summed E-state index contributed by atoms with van der Waals surface area (Å²) >= 11 is 0. The number of allylic oxidation sites excluding steroid dienone is 2. The van der Waals surface area contributed by atoms with Gasteiger partial charge in [-0.2, -0.15) is 5.26 Å². The number of ether oxygens (including phenoxy) is 1. The van der Waals surface area contributed by atoms with Crippen LogP contribution in [0.2, 0.25) is 0 Å². The number of aliphatic hydroxyl groups excluding tert-OH is 1. The number of aromatic nitrogens is 3. The molecule has 3 atom stereocenters. The number of nitrogens with zero attached hydrogens (tertiary/aromatic N) is 3. The van der Waals surface area contributed by atoms with Crippen LogP contribution < -0.4 is 5.32 Å². The molecule has 1 fully saturated rings. The van der Waals surface area contributed by atoms with Gasteiger partial charge in [0.1, 0.15) is 11.8 Å². The number of aliphatic hydroxyl groups is 1. The first-order chi connectivity index (χ1) is 18.0. The summed E-state index contributed by atoms with van der Waals surface area (Å²) in [6.07, 6.45) is -0.923. The van der Waals surface area contributed by atoms with Gasteiger partial charge in [0, 0.05) is 15.7 Å². The third-order valence-electron chi connectivity index (χ3n) is 6.33. The van der Waals surface area contributed by atoms with Gasteiger partial charge in [-0.1, -0.05) is 19.9 Å². The third kappa shape index (κ3) is 5.63. The summed E-state index contributed by atoms with van der Waals surface area (Å²) in [6, 6.07) is 5.27. The van der Waals surface area contributed by atoms with Crippen LogP contribution in [0, 0.1) is 16.7 Å². The Balaban J connectivity index is 1.84. The molecule has 0 saturated carbocycles. The fourth-order valence-corrected chi connectivity index (χ4v) is 4.75. The normalized spacial score (nSPS) is 30.9. The molecule has 0 radical (unpaired) electrons. The van der Waals surface area contributed by atoms with E-state index in [1.807, 2.05) is 26.8 Å². The van der Waals surface area contributed by atoms with Gasteiger partial charge in [0.2, 0.25) is 0 Å². The number of nitriles is 1. The lowest BCUT2D eigenvalue weighted by Crippen LogP contribution is -2.48. The van der Waals surface area contributed by atoms with Gasteiger partial charge in [0.25, 0.3) is 5.91 Å². The van der Waals surface area contributed by atoms with Gasteiger partial charge in [0.15, 0.2) is 5.82 Å². The zero-order chi connectivity index (χ0) is 29.0. The summed E-state index contributed by atoms with van der Waals surface area (Å²) in [5.74, 6) is -0.901. The topological polar surface area (TPSA) is 124 Å². The van der Waals surface area contributed by atoms with Crippen molar-refractivity contribution in [3.8, 4) is 6.07 Å². The molecule has 8 nitrogen and oxygen atoms in total. The van der Waals surface area contributed by atoms with Crippen LogP contribution in [0.25, 0.3) is 5.57 Å². The molecule has 1 saturated heterocycles. The standard InChI is InChI=1S/C27H35N5O3/c1-25(2)10-8-17(9-11-25)22-21(32-24(34)23-29-15-19(14-28)30-23)7-6-20(31-22)18-12-26(3,4)35-27(5,13-18)16-33/h6-8,15,18,33H,9-13,16H2,1-5H3,(H,29,30)(H,32,34)/i8D,9D2,11D. The molecule has 186 valence electrons. The minimum Gasteiger partial charge on any atom is -0.393 e. The number of rotatable bonds is 5. The van der Waals surface area contributed by atoms with Gasteiger partial charge in [0.05, 0.1) is 36.8 Å². The van der Waals surface area contributed by atoms with Crippen molar-refractivity contribution >= 4 is 17.2 Å². The van der Waals surface area contributed by atoms with E-state index in [-0.39, 0.29) is 53.5 Å². The maximum absolute atomic E-state index is 13.0. The number of imidazole rings is 1. The van der Waals surface area contributed by atoms with E-state index in [2.05, 4.69) is 15.3 Å². The monoisotopic (exact) mass is 481 g/mol. The van der Waals surface area contributed by atoms with Crippen LogP contribution in [0.3, 0.4) is 0 Å². The highest BCUT2D eigenvalue weighted by Crippen LogP contribution is 2.44. The fraction of sp³-hybridized carbons (Fsp3) is 0.556. The number of carbonyl (C=O) groups is 1. The predicted molar refractivity (Wildman–Crippen MR) is 134 cm³/mol. The molecule has 3 heterocycles. The Morgan fingerprint density at radius 2 is 2.14 bits per heavy atom. The average Bonchev–Trinajstić information content (AvgIpc) is 3.32. The van der Waals surface area contributed by atoms with Crippen molar-refractivity contribution < 1.29 is 20.1 Å². The number of carbonyl (C=O) groups excluding carboxylic acids is 1. The Morgan fingerprint density at radius 1 is 1.37 bits per heavy atom. The second-order valence-electron chi connectivity index (χ2n) is 10.9. The number of H-pyrrole nitrogens is 1. The Hall–Kier alpha value is -3.02. The van der Waals surface area contributed by atoms with Crippen LogP contribution in [-0.4, -0.2) is 43.8 Å². The summed E-state index contributed by atoms with van der Waals surface area (Å²) in [5, 5.41) is 21.8. The van der Waals surface area contributed by atoms with Gasteiger partial charge in [-0.3, -0.25) is 9.78 Å². The summed E-state index contributed by atoms with van der Waals surface area (Å²) in [7, 11) is 0. The number of nitrogens with one attached hydrogen (secondary N) is 2. The number of anilines is 1. The first kappa shape index (κ1) is 20.2. The second kappa shape index (κ2) is 9.21. The number of amides is 1. The Bertz CT molecular complexity index is 1360. The summed E-state index contributed by atoms with van der Waals surface area (Å²) in [5.41, 5.74) is -1.17. The summed E-state index contributed by atoms with van der Waals surface area (Å²) in [4.78, 5) is 24.4. The lowest BCUT2D eigenvalue weighted by atomic mass is 9.77. The van der Waals surface area contributed by atoms with E-state index in [0.717, 1.165) is 0 Å². The van der Waals surface area contributed by atoms with E-state index in [9.17, 15) is 9.90 Å². The van der Waals surface area contributed by atoms with Crippen molar-refractivity contribution in [2.75, 3.05) is 11.9 Å². The number of pyridine rings is 1. The molecule has 2 aromatic heterocycles. The third-order valence-corrected chi connectivity index (χ3v) is 6.33. The van der Waals surface area contributed by atoms with E-state index in [0.29, 0.717) is 18.5 Å². The molecular weight excluding hydrogens is 442 g/mol. The largest absolute Gasteiger partial charge is 0.393 e. The molecule has 8 heteroatoms. The molecule has 1 amide bonds. The van der Waals surface area contributed by atoms with Crippen molar-refractivity contribution in [1.29, 1.82) is 5.26 Å². The van der Waals surface area contributed by atoms with Gasteiger partial charge >= 0.3 is 0 Å². The van der Waals surface area contributed by atoms with E-state index >= 15 is 0 Å². The Morgan fingerprint density at radius 3 is 2.83 bits per heavy atom. The van der Waals surface area contributed by atoms with E-state index in [1.165, 1.54) is 6.20 Å². The van der Waals surface area contributed by atoms with Crippen molar-refractivity contribution in [3.05, 3.63) is 47.3 Å². The van der Waals surface area contributed by atoms with Crippen LogP contribution in [0.4, 0.5) is 5.69 Å². The van der Waals surface area contributed by atoms with E-state index < -0.39 is 35.3 Å². The van der Waals surface area contributed by atoms with Gasteiger partial charge in [-0.05, 0) is 75.9 Å². The van der Waals surface area contributed by atoms with E-state index in [4.69, 9.17) is 20.5 Å². The quantitative estimate of drug-likeness (QED) is 0.555. The zero-order valence-electron chi connectivity index (χ0n) is 24.8. The van der Waals surface area contributed by atoms with Crippen LogP contribution in [0.1, 0.15) is 106 Å². The molecule has 1 aliphatic carbocycles. The minimum atomic E-state index is -2.23. The Kier molecular flexibility index (Phi) is 5.32. The summed E-state index contributed by atoms with van der Waals surface area (Å²) < 4.78 is 41.4. The second-order valence-corrected chi connectivity index (χ2v) is 10.9. The maximum atomic E-state index is 13.0. The molecule has 0 bridgehead atoms. The molecule has 35 heavy (non-hydrogen) atoms. The SMILES string of the molecule is [2H]C1=C(c2nc(C3CC(C)(C)OC(C)(CO)C3)ccc2NC(=O)c2ncc(C#N)[nH]2)C([2H])([2H])C([2H])C(C)(C)C1. The molecule has 2 aromatic rings. The highest BCUT2D eigenvalue weighted by molar-refractivity contribution is 6.03. The smallest absolute Gasteiger partial charge is 0.291 e.